The molecular weight excluding hydrogens is 388 g/mol. The standard InChI is InChI=1S/C14H15ClN4O4S2/c1-22-11-8-12(23-2)17-13(16-11)18-14(24-3)19-25(20,21)10-7-5-4-6-9(10)15/h4-8H,1-3H3,(H,16,17,18,19). The summed E-state index contributed by atoms with van der Waals surface area (Å²) in [7, 11) is -1.12. The van der Waals surface area contributed by atoms with Gasteiger partial charge in [-0.1, -0.05) is 35.5 Å². The van der Waals surface area contributed by atoms with E-state index in [4.69, 9.17) is 21.1 Å². The van der Waals surface area contributed by atoms with Gasteiger partial charge in [-0.3, -0.25) is 0 Å². The number of halogens is 1. The van der Waals surface area contributed by atoms with Gasteiger partial charge in [0.15, 0.2) is 5.17 Å². The molecule has 25 heavy (non-hydrogen) atoms. The first kappa shape index (κ1) is 19.3. The van der Waals surface area contributed by atoms with E-state index in [0.29, 0.717) is 0 Å². The van der Waals surface area contributed by atoms with E-state index in [1.807, 2.05) is 0 Å². The molecule has 1 aromatic carbocycles. The van der Waals surface area contributed by atoms with Crippen LogP contribution in [0.2, 0.25) is 5.02 Å². The van der Waals surface area contributed by atoms with E-state index in [9.17, 15) is 8.42 Å². The highest BCUT2D eigenvalue weighted by Gasteiger charge is 2.18. The Morgan fingerprint density at radius 3 is 2.32 bits per heavy atom. The highest BCUT2D eigenvalue weighted by atomic mass is 35.5. The van der Waals surface area contributed by atoms with Gasteiger partial charge in [0.25, 0.3) is 10.0 Å². The highest BCUT2D eigenvalue weighted by molar-refractivity contribution is 8.14. The van der Waals surface area contributed by atoms with Crippen LogP contribution in [-0.2, 0) is 10.0 Å². The van der Waals surface area contributed by atoms with Crippen LogP contribution in [0.1, 0.15) is 0 Å². The van der Waals surface area contributed by atoms with Crippen LogP contribution in [0.3, 0.4) is 0 Å². The predicted octanol–water partition coefficient (Wildman–Crippen LogP) is 2.67. The zero-order chi connectivity index (χ0) is 18.4. The largest absolute Gasteiger partial charge is 0.481 e. The van der Waals surface area contributed by atoms with Crippen LogP contribution in [0.4, 0.5) is 5.95 Å². The number of nitrogens with zero attached hydrogens (tertiary/aromatic N) is 3. The zero-order valence-corrected chi connectivity index (χ0v) is 15.9. The van der Waals surface area contributed by atoms with E-state index >= 15 is 0 Å². The van der Waals surface area contributed by atoms with Gasteiger partial charge in [0, 0.05) is 0 Å². The van der Waals surface area contributed by atoms with Gasteiger partial charge in [-0.15, -0.1) is 4.40 Å². The molecule has 0 saturated carbocycles. The lowest BCUT2D eigenvalue weighted by Crippen LogP contribution is -2.14. The van der Waals surface area contributed by atoms with Crippen molar-refractivity contribution in [3.8, 4) is 11.8 Å². The van der Waals surface area contributed by atoms with Crippen LogP contribution < -0.4 is 14.8 Å². The summed E-state index contributed by atoms with van der Waals surface area (Å²) in [5.74, 6) is 0.589. The monoisotopic (exact) mass is 402 g/mol. The molecule has 0 atom stereocenters. The van der Waals surface area contributed by atoms with E-state index < -0.39 is 10.0 Å². The van der Waals surface area contributed by atoms with Gasteiger partial charge in [0.05, 0.1) is 25.3 Å². The zero-order valence-electron chi connectivity index (χ0n) is 13.6. The number of hydrogen-bond acceptors (Lipinski definition) is 7. The molecule has 1 aromatic heterocycles. The van der Waals surface area contributed by atoms with Crippen LogP contribution >= 0.6 is 23.4 Å². The molecule has 11 heteroatoms. The Bertz CT molecular complexity index is 868. The summed E-state index contributed by atoms with van der Waals surface area (Å²) in [6, 6.07) is 7.55. The summed E-state index contributed by atoms with van der Waals surface area (Å²) in [6.07, 6.45) is 1.66. The van der Waals surface area contributed by atoms with Crippen molar-refractivity contribution >= 4 is 44.5 Å². The van der Waals surface area contributed by atoms with Crippen LogP contribution in [0.5, 0.6) is 11.8 Å². The Labute approximate surface area is 154 Å². The molecule has 0 bridgehead atoms. The van der Waals surface area contributed by atoms with Gasteiger partial charge in [-0.25, -0.2) is 0 Å². The molecule has 0 saturated heterocycles. The van der Waals surface area contributed by atoms with Gasteiger partial charge in [-0.05, 0) is 18.4 Å². The van der Waals surface area contributed by atoms with Crippen LogP contribution in [-0.4, -0.2) is 44.0 Å². The first-order chi connectivity index (χ1) is 11.9. The van der Waals surface area contributed by atoms with Crippen LogP contribution in [0, 0.1) is 0 Å². The summed E-state index contributed by atoms with van der Waals surface area (Å²) in [5.41, 5.74) is 0. The van der Waals surface area contributed by atoms with E-state index in [2.05, 4.69) is 19.7 Å². The number of anilines is 1. The fraction of sp³-hybridized carbons (Fsp3) is 0.214. The van der Waals surface area contributed by atoms with Gasteiger partial charge >= 0.3 is 0 Å². The third-order valence-corrected chi connectivity index (χ3v) is 5.30. The average Bonchev–Trinajstić information content (AvgIpc) is 2.60. The minimum absolute atomic E-state index is 0.0650. The molecule has 0 amide bonds. The molecule has 8 nitrogen and oxygen atoms in total. The molecule has 1 heterocycles. The van der Waals surface area contributed by atoms with E-state index in [1.54, 1.807) is 18.4 Å². The van der Waals surface area contributed by atoms with Crippen molar-refractivity contribution in [2.24, 2.45) is 4.40 Å². The molecule has 0 aliphatic carbocycles. The lowest BCUT2D eigenvalue weighted by molar-refractivity contribution is 0.373. The predicted molar refractivity (Wildman–Crippen MR) is 98.3 cm³/mol. The summed E-state index contributed by atoms with van der Waals surface area (Å²) >= 11 is 7.02. The Kier molecular flexibility index (Phi) is 6.45. The maximum absolute atomic E-state index is 12.4. The van der Waals surface area contributed by atoms with E-state index in [1.165, 1.54) is 32.4 Å². The van der Waals surface area contributed by atoms with Crippen molar-refractivity contribution in [2.75, 3.05) is 25.8 Å². The molecule has 0 radical (unpaired) electrons. The molecular formula is C14H15ClN4O4S2. The molecule has 0 unspecified atom stereocenters. The first-order valence-electron chi connectivity index (χ1n) is 6.77. The number of amidine groups is 1. The van der Waals surface area contributed by atoms with Gasteiger partial charge in [0.2, 0.25) is 17.7 Å². The van der Waals surface area contributed by atoms with Crippen molar-refractivity contribution in [3.63, 3.8) is 0 Å². The average molecular weight is 403 g/mol. The number of nitrogens with one attached hydrogen (secondary N) is 1. The van der Waals surface area contributed by atoms with Crippen LogP contribution in [0.15, 0.2) is 39.6 Å². The van der Waals surface area contributed by atoms with Crippen molar-refractivity contribution in [3.05, 3.63) is 35.4 Å². The quantitative estimate of drug-likeness (QED) is 0.601. The van der Waals surface area contributed by atoms with Gasteiger partial charge < -0.3 is 14.8 Å². The third-order valence-electron chi connectivity index (χ3n) is 2.83. The second-order valence-corrected chi connectivity index (χ2v) is 7.18. The van der Waals surface area contributed by atoms with Crippen LogP contribution in [0.25, 0.3) is 0 Å². The number of thioether (sulfide) groups is 1. The summed E-state index contributed by atoms with van der Waals surface area (Å²) < 4.78 is 38.7. The molecule has 0 aliphatic heterocycles. The van der Waals surface area contributed by atoms with Crippen molar-refractivity contribution in [1.29, 1.82) is 0 Å². The topological polar surface area (TPSA) is 103 Å². The summed E-state index contributed by atoms with van der Waals surface area (Å²) in [6.45, 7) is 0. The molecule has 0 fully saturated rings. The Balaban J connectivity index is 2.37. The molecule has 2 rings (SSSR count). The lowest BCUT2D eigenvalue weighted by atomic mass is 10.4. The van der Waals surface area contributed by atoms with Crippen molar-refractivity contribution in [2.45, 2.75) is 4.90 Å². The normalized spacial score (nSPS) is 11.9. The maximum atomic E-state index is 12.4. The second-order valence-electron chi connectivity index (χ2n) is 4.41. The fourth-order valence-electron chi connectivity index (χ4n) is 1.69. The number of rotatable bonds is 5. The number of ether oxygens (including phenoxy) is 2. The summed E-state index contributed by atoms with van der Waals surface area (Å²) in [4.78, 5) is 8.05. The van der Waals surface area contributed by atoms with E-state index in [0.717, 1.165) is 11.8 Å². The van der Waals surface area contributed by atoms with Gasteiger partial charge in [-0.2, -0.15) is 18.4 Å². The first-order valence-corrected chi connectivity index (χ1v) is 9.81. The summed E-state index contributed by atoms with van der Waals surface area (Å²) in [5, 5.41) is 2.89. The van der Waals surface area contributed by atoms with Gasteiger partial charge in [0.1, 0.15) is 4.90 Å². The lowest BCUT2D eigenvalue weighted by Gasteiger charge is -2.09. The Hall–Kier alpha value is -2.04. The second kappa shape index (κ2) is 8.37. The maximum Gasteiger partial charge on any atom is 0.286 e. The Morgan fingerprint density at radius 1 is 1.20 bits per heavy atom. The Morgan fingerprint density at radius 2 is 1.80 bits per heavy atom. The molecule has 134 valence electrons. The molecule has 0 spiro atoms. The fourth-order valence-corrected chi connectivity index (χ4v) is 3.83. The molecule has 1 N–H and O–H groups in total. The van der Waals surface area contributed by atoms with Crippen molar-refractivity contribution < 1.29 is 17.9 Å². The third kappa shape index (κ3) is 4.97. The minimum atomic E-state index is -4.00. The molecule has 0 aliphatic rings. The number of methoxy groups -OCH3 is 2. The number of benzene rings is 1. The number of aromatic nitrogens is 2. The minimum Gasteiger partial charge on any atom is -0.481 e. The molecule has 2 aromatic rings. The highest BCUT2D eigenvalue weighted by Crippen LogP contribution is 2.24. The number of hydrogen-bond donors (Lipinski definition) is 1. The smallest absolute Gasteiger partial charge is 0.286 e. The number of sulfonamides is 1. The van der Waals surface area contributed by atoms with Crippen molar-refractivity contribution in [1.82, 2.24) is 9.97 Å². The SMILES string of the molecule is COc1cc(OC)nc(N/C(=N/S(=O)(=O)c2ccccc2Cl)SC)n1. The van der Waals surface area contributed by atoms with E-state index in [-0.39, 0.29) is 32.8 Å².